The molecule has 1 unspecified atom stereocenters. The maximum absolute atomic E-state index is 11.0. The zero-order valence-electron chi connectivity index (χ0n) is 11.1. The molecule has 0 spiro atoms. The normalized spacial score (nSPS) is 13.3. The van der Waals surface area contributed by atoms with Gasteiger partial charge in [-0.3, -0.25) is 0 Å². The van der Waals surface area contributed by atoms with Crippen molar-refractivity contribution in [2.45, 2.75) is 19.9 Å². The molecule has 0 aliphatic carbocycles. The number of hydrogen-bond donors (Lipinski definition) is 1. The highest BCUT2D eigenvalue weighted by Gasteiger charge is 2.07. The zero-order chi connectivity index (χ0) is 13.6. The Bertz CT molecular complexity index is 454. The van der Waals surface area contributed by atoms with E-state index in [-0.39, 0.29) is 11.8 Å². The summed E-state index contributed by atoms with van der Waals surface area (Å²) < 4.78 is 27.4. The molecule has 1 rings (SSSR count). The van der Waals surface area contributed by atoms with Gasteiger partial charge < -0.3 is 10.1 Å². The van der Waals surface area contributed by atoms with E-state index in [1.54, 1.807) is 0 Å². The minimum absolute atomic E-state index is 0.127. The summed E-state index contributed by atoms with van der Waals surface area (Å²) in [6.45, 7) is 5.08. The lowest BCUT2D eigenvalue weighted by Gasteiger charge is -2.14. The molecule has 18 heavy (non-hydrogen) atoms. The minimum atomic E-state index is -2.90. The van der Waals surface area contributed by atoms with Gasteiger partial charge in [0.25, 0.3) is 0 Å². The van der Waals surface area contributed by atoms with Crippen molar-refractivity contribution in [1.82, 2.24) is 5.32 Å². The number of sulfone groups is 1. The first-order valence-electron chi connectivity index (χ1n) is 6.06. The number of ether oxygens (including phenoxy) is 1. The van der Waals surface area contributed by atoms with E-state index in [0.29, 0.717) is 13.2 Å². The molecule has 0 bridgehead atoms. The Labute approximate surface area is 109 Å². The number of hydrogen-bond acceptors (Lipinski definition) is 4. The first-order chi connectivity index (χ1) is 8.42. The van der Waals surface area contributed by atoms with E-state index < -0.39 is 9.84 Å². The maximum Gasteiger partial charge on any atom is 0.148 e. The van der Waals surface area contributed by atoms with Gasteiger partial charge in [0.1, 0.15) is 15.6 Å². The first kappa shape index (κ1) is 15.0. The van der Waals surface area contributed by atoms with Gasteiger partial charge in [-0.15, -0.1) is 0 Å². The molecule has 0 radical (unpaired) electrons. The smallest absolute Gasteiger partial charge is 0.148 e. The molecule has 0 amide bonds. The lowest BCUT2D eigenvalue weighted by Crippen LogP contribution is -2.25. The van der Waals surface area contributed by atoms with E-state index in [1.807, 2.05) is 38.1 Å². The van der Waals surface area contributed by atoms with Crippen molar-refractivity contribution in [3.63, 3.8) is 0 Å². The van der Waals surface area contributed by atoms with Crippen LogP contribution < -0.4 is 10.1 Å². The van der Waals surface area contributed by atoms with E-state index >= 15 is 0 Å². The van der Waals surface area contributed by atoms with E-state index in [1.165, 1.54) is 6.26 Å². The Morgan fingerprint density at radius 3 is 2.39 bits per heavy atom. The molecular weight excluding hydrogens is 250 g/mol. The zero-order valence-corrected chi connectivity index (χ0v) is 12.0. The monoisotopic (exact) mass is 271 g/mol. The van der Waals surface area contributed by atoms with Gasteiger partial charge in [-0.25, -0.2) is 8.42 Å². The van der Waals surface area contributed by atoms with E-state index in [0.717, 1.165) is 11.3 Å². The highest BCUT2D eigenvalue weighted by atomic mass is 32.2. The third-order valence-electron chi connectivity index (χ3n) is 2.61. The molecule has 0 aliphatic heterocycles. The molecule has 1 atom stereocenters. The van der Waals surface area contributed by atoms with E-state index in [4.69, 9.17) is 4.74 Å². The molecule has 1 N–H and O–H groups in total. The minimum Gasteiger partial charge on any atom is -0.494 e. The SMILES string of the molecule is CCOc1ccc(C(C)NCCS(C)(=O)=O)cc1. The molecule has 1 aromatic carbocycles. The van der Waals surface area contributed by atoms with Crippen LogP contribution in [-0.2, 0) is 9.84 Å². The van der Waals surface area contributed by atoms with Gasteiger partial charge >= 0.3 is 0 Å². The molecule has 1 aromatic rings. The Morgan fingerprint density at radius 2 is 1.89 bits per heavy atom. The largest absolute Gasteiger partial charge is 0.494 e. The van der Waals surface area contributed by atoms with Gasteiger partial charge in [0.05, 0.1) is 12.4 Å². The van der Waals surface area contributed by atoms with Crippen LogP contribution in [0.5, 0.6) is 5.75 Å². The topological polar surface area (TPSA) is 55.4 Å². The third kappa shape index (κ3) is 5.51. The molecule has 0 saturated heterocycles. The van der Waals surface area contributed by atoms with Crippen molar-refractivity contribution in [3.8, 4) is 5.75 Å². The summed E-state index contributed by atoms with van der Waals surface area (Å²) in [5.41, 5.74) is 1.12. The summed E-state index contributed by atoms with van der Waals surface area (Å²) in [6.07, 6.45) is 1.25. The summed E-state index contributed by atoms with van der Waals surface area (Å²) in [5, 5.41) is 3.19. The van der Waals surface area contributed by atoms with Crippen molar-refractivity contribution in [1.29, 1.82) is 0 Å². The van der Waals surface area contributed by atoms with Crippen LogP contribution >= 0.6 is 0 Å². The van der Waals surface area contributed by atoms with Gasteiger partial charge in [-0.2, -0.15) is 0 Å². The van der Waals surface area contributed by atoms with Crippen molar-refractivity contribution in [3.05, 3.63) is 29.8 Å². The third-order valence-corrected chi connectivity index (χ3v) is 3.56. The van der Waals surface area contributed by atoms with Crippen LogP contribution in [0.1, 0.15) is 25.5 Å². The number of rotatable bonds is 7. The van der Waals surface area contributed by atoms with Gasteiger partial charge in [0, 0.05) is 18.8 Å². The van der Waals surface area contributed by atoms with Gasteiger partial charge in [0.2, 0.25) is 0 Å². The van der Waals surface area contributed by atoms with Crippen molar-refractivity contribution >= 4 is 9.84 Å². The molecule has 0 aliphatic rings. The second-order valence-electron chi connectivity index (χ2n) is 4.31. The fourth-order valence-electron chi connectivity index (χ4n) is 1.60. The van der Waals surface area contributed by atoms with E-state index in [9.17, 15) is 8.42 Å². The average Bonchev–Trinajstić information content (AvgIpc) is 2.28. The van der Waals surface area contributed by atoms with Gasteiger partial charge in [0.15, 0.2) is 0 Å². The van der Waals surface area contributed by atoms with Crippen LogP contribution in [0.15, 0.2) is 24.3 Å². The molecule has 0 aromatic heterocycles. The Balaban J connectivity index is 2.48. The molecule has 0 fully saturated rings. The summed E-state index contributed by atoms with van der Waals surface area (Å²) in [4.78, 5) is 0. The fourth-order valence-corrected chi connectivity index (χ4v) is 2.09. The highest BCUT2D eigenvalue weighted by molar-refractivity contribution is 7.90. The second kappa shape index (κ2) is 6.75. The molecule has 0 heterocycles. The quantitative estimate of drug-likeness (QED) is 0.821. The number of benzene rings is 1. The molecule has 5 heteroatoms. The lowest BCUT2D eigenvalue weighted by atomic mass is 10.1. The highest BCUT2D eigenvalue weighted by Crippen LogP contribution is 2.17. The Kier molecular flexibility index (Phi) is 5.62. The van der Waals surface area contributed by atoms with E-state index in [2.05, 4.69) is 5.32 Å². The van der Waals surface area contributed by atoms with Gasteiger partial charge in [-0.1, -0.05) is 12.1 Å². The van der Waals surface area contributed by atoms with Gasteiger partial charge in [-0.05, 0) is 31.5 Å². The lowest BCUT2D eigenvalue weighted by molar-refractivity contribution is 0.340. The molecule has 0 saturated carbocycles. The predicted octanol–water partition coefficient (Wildman–Crippen LogP) is 1.78. The summed E-state index contributed by atoms with van der Waals surface area (Å²) in [6, 6.07) is 7.95. The first-order valence-corrected chi connectivity index (χ1v) is 8.12. The Morgan fingerprint density at radius 1 is 1.28 bits per heavy atom. The van der Waals surface area contributed by atoms with Crippen LogP contribution in [0, 0.1) is 0 Å². The van der Waals surface area contributed by atoms with Crippen LogP contribution in [0.2, 0.25) is 0 Å². The van der Waals surface area contributed by atoms with Crippen LogP contribution in [-0.4, -0.2) is 33.6 Å². The van der Waals surface area contributed by atoms with Crippen LogP contribution in [0.4, 0.5) is 0 Å². The van der Waals surface area contributed by atoms with Crippen LogP contribution in [0.25, 0.3) is 0 Å². The standard InChI is InChI=1S/C13H21NO3S/c1-4-17-13-7-5-12(6-8-13)11(2)14-9-10-18(3,15)16/h5-8,11,14H,4,9-10H2,1-3H3. The summed E-state index contributed by atoms with van der Waals surface area (Å²) in [5.74, 6) is 1.01. The summed E-state index contributed by atoms with van der Waals surface area (Å²) >= 11 is 0. The molecular formula is C13H21NO3S. The van der Waals surface area contributed by atoms with Crippen LogP contribution in [0.3, 0.4) is 0 Å². The average molecular weight is 271 g/mol. The maximum atomic E-state index is 11.0. The molecule has 102 valence electrons. The van der Waals surface area contributed by atoms with Crippen molar-refractivity contribution in [2.75, 3.05) is 25.2 Å². The van der Waals surface area contributed by atoms with Crippen molar-refractivity contribution < 1.29 is 13.2 Å². The predicted molar refractivity (Wildman–Crippen MR) is 73.7 cm³/mol. The molecule has 4 nitrogen and oxygen atoms in total. The van der Waals surface area contributed by atoms with Crippen molar-refractivity contribution in [2.24, 2.45) is 0 Å². The second-order valence-corrected chi connectivity index (χ2v) is 6.57. The Hall–Kier alpha value is -1.07. The fraction of sp³-hybridized carbons (Fsp3) is 0.538. The summed E-state index contributed by atoms with van der Waals surface area (Å²) in [7, 11) is -2.90. The number of nitrogens with one attached hydrogen (secondary N) is 1.